The van der Waals surface area contributed by atoms with Crippen LogP contribution < -0.4 is 14.4 Å². The van der Waals surface area contributed by atoms with E-state index in [4.69, 9.17) is 0 Å². The van der Waals surface area contributed by atoms with Gasteiger partial charge in [-0.15, -0.1) is 0 Å². The quantitative estimate of drug-likeness (QED) is 0.463. The zero-order valence-corrected chi connectivity index (χ0v) is 16.6. The first-order valence-corrected chi connectivity index (χ1v) is 9.41. The number of aromatic nitrogens is 4. The van der Waals surface area contributed by atoms with Crippen LogP contribution in [0.3, 0.4) is 0 Å². The Balaban J connectivity index is 2.05. The molecular weight excluding hydrogens is 412 g/mol. The average Bonchev–Trinajstić information content (AvgIpc) is 2.82. The number of hydrogen-bond acceptors (Lipinski definition) is 5. The molecule has 158 valence electrons. The van der Waals surface area contributed by atoms with Crippen molar-refractivity contribution in [1.29, 1.82) is 0 Å². The Morgan fingerprint density at radius 1 is 0.719 bits per heavy atom. The van der Waals surface area contributed by atoms with E-state index in [1.54, 1.807) is 72.9 Å². The van der Waals surface area contributed by atoms with Gasteiger partial charge in [-0.2, -0.15) is 14.5 Å². The predicted molar refractivity (Wildman–Crippen MR) is 115 cm³/mol. The standard InChI is InChI=1S/C22H16N6O4/c29-21(30)27(16-8-3-1-4-9-16)18-12-7-13-26(20-24-14-23-15-25-20)19(18)28(22(31)32)17-10-5-2-6-11-17/h1-15H,(H-,29,30,31,32)/p+1. The van der Waals surface area contributed by atoms with Crippen LogP contribution in [0.25, 0.3) is 5.95 Å². The summed E-state index contributed by atoms with van der Waals surface area (Å²) in [7, 11) is 0. The van der Waals surface area contributed by atoms with E-state index in [1.165, 1.54) is 23.3 Å². The Morgan fingerprint density at radius 2 is 1.25 bits per heavy atom. The number of rotatable bonds is 5. The first-order chi connectivity index (χ1) is 15.6. The summed E-state index contributed by atoms with van der Waals surface area (Å²) in [5.41, 5.74) is 0.750. The van der Waals surface area contributed by atoms with Crippen molar-refractivity contribution < 1.29 is 24.4 Å². The molecule has 0 spiro atoms. The Morgan fingerprint density at radius 3 is 1.78 bits per heavy atom. The normalized spacial score (nSPS) is 10.4. The highest BCUT2D eigenvalue weighted by atomic mass is 16.4. The number of anilines is 4. The van der Waals surface area contributed by atoms with Crippen molar-refractivity contribution in [1.82, 2.24) is 15.0 Å². The van der Waals surface area contributed by atoms with Gasteiger partial charge in [0.05, 0.1) is 17.6 Å². The van der Waals surface area contributed by atoms with Gasteiger partial charge in [0.2, 0.25) is 5.82 Å². The van der Waals surface area contributed by atoms with Gasteiger partial charge in [0.1, 0.15) is 5.69 Å². The van der Waals surface area contributed by atoms with Crippen molar-refractivity contribution in [2.45, 2.75) is 0 Å². The van der Waals surface area contributed by atoms with Gasteiger partial charge >= 0.3 is 18.1 Å². The summed E-state index contributed by atoms with van der Waals surface area (Å²) in [4.78, 5) is 38.8. The number of carbonyl (C=O) groups is 2. The molecule has 10 heteroatoms. The van der Waals surface area contributed by atoms with Gasteiger partial charge in [-0.1, -0.05) is 46.4 Å². The van der Waals surface area contributed by atoms with E-state index < -0.39 is 12.2 Å². The molecule has 0 aliphatic rings. The lowest BCUT2D eigenvalue weighted by atomic mass is 10.2. The van der Waals surface area contributed by atoms with Crippen LogP contribution in [0.2, 0.25) is 0 Å². The summed E-state index contributed by atoms with van der Waals surface area (Å²) >= 11 is 0. The van der Waals surface area contributed by atoms with Crippen molar-refractivity contribution >= 4 is 35.1 Å². The molecule has 0 aliphatic carbocycles. The third-order valence-corrected chi connectivity index (χ3v) is 4.51. The molecule has 0 saturated carbocycles. The fourth-order valence-electron chi connectivity index (χ4n) is 3.23. The van der Waals surface area contributed by atoms with Crippen LogP contribution in [0.1, 0.15) is 0 Å². The van der Waals surface area contributed by atoms with Crippen LogP contribution in [0.15, 0.2) is 91.6 Å². The zero-order chi connectivity index (χ0) is 22.5. The van der Waals surface area contributed by atoms with Gasteiger partial charge in [-0.3, -0.25) is 0 Å². The molecule has 2 aromatic carbocycles. The fourth-order valence-corrected chi connectivity index (χ4v) is 3.23. The molecule has 2 aromatic heterocycles. The van der Waals surface area contributed by atoms with Gasteiger partial charge in [-0.05, 0) is 36.4 Å². The van der Waals surface area contributed by atoms with Crippen LogP contribution in [0, 0.1) is 0 Å². The number of amides is 2. The highest BCUT2D eigenvalue weighted by Crippen LogP contribution is 2.36. The third-order valence-electron chi connectivity index (χ3n) is 4.51. The van der Waals surface area contributed by atoms with Crippen molar-refractivity contribution in [2.24, 2.45) is 0 Å². The minimum Gasteiger partial charge on any atom is -0.464 e. The summed E-state index contributed by atoms with van der Waals surface area (Å²) in [6, 6.07) is 19.8. The first-order valence-electron chi connectivity index (χ1n) is 9.41. The van der Waals surface area contributed by atoms with E-state index in [9.17, 15) is 19.8 Å². The minimum absolute atomic E-state index is 0.0173. The Hall–Kier alpha value is -4.86. The van der Waals surface area contributed by atoms with Crippen LogP contribution >= 0.6 is 0 Å². The number of benzene rings is 2. The minimum atomic E-state index is -1.31. The third kappa shape index (κ3) is 3.92. The summed E-state index contributed by atoms with van der Waals surface area (Å²) in [6.07, 6.45) is 1.49. The predicted octanol–water partition coefficient (Wildman–Crippen LogP) is 3.78. The summed E-state index contributed by atoms with van der Waals surface area (Å²) in [5, 5.41) is 20.2. The first kappa shape index (κ1) is 20.4. The molecule has 4 aromatic rings. The largest absolute Gasteiger partial charge is 0.464 e. The lowest BCUT2D eigenvalue weighted by Gasteiger charge is -2.25. The average molecular weight is 429 g/mol. The Labute approximate surface area is 182 Å². The lowest BCUT2D eigenvalue weighted by Crippen LogP contribution is -2.44. The van der Waals surface area contributed by atoms with Gasteiger partial charge < -0.3 is 10.2 Å². The van der Waals surface area contributed by atoms with E-state index in [0.29, 0.717) is 11.4 Å². The molecular formula is C22H17N6O4+. The molecule has 0 fully saturated rings. The van der Waals surface area contributed by atoms with Crippen molar-refractivity contribution in [2.75, 3.05) is 9.80 Å². The number of para-hydroxylation sites is 2. The van der Waals surface area contributed by atoms with Crippen molar-refractivity contribution in [3.8, 4) is 5.95 Å². The summed E-state index contributed by atoms with van der Waals surface area (Å²) in [5.74, 6) is 0.140. The molecule has 2 heterocycles. The summed E-state index contributed by atoms with van der Waals surface area (Å²) in [6.45, 7) is 0. The van der Waals surface area contributed by atoms with Gasteiger partial charge in [0, 0.05) is 0 Å². The van der Waals surface area contributed by atoms with Gasteiger partial charge in [-0.25, -0.2) is 14.5 Å². The topological polar surface area (TPSA) is 124 Å². The molecule has 4 rings (SSSR count). The second-order valence-electron chi connectivity index (χ2n) is 6.43. The Bertz CT molecular complexity index is 1240. The molecule has 0 unspecified atom stereocenters. The fraction of sp³-hybridized carbons (Fsp3) is 0. The Kier molecular flexibility index (Phi) is 5.66. The maximum atomic E-state index is 12.5. The van der Waals surface area contributed by atoms with Gasteiger partial charge in [0.25, 0.3) is 0 Å². The molecule has 2 amide bonds. The van der Waals surface area contributed by atoms with Crippen LogP contribution in [-0.4, -0.2) is 37.4 Å². The maximum absolute atomic E-state index is 12.5. The van der Waals surface area contributed by atoms with E-state index in [-0.39, 0.29) is 17.5 Å². The smallest absolute Gasteiger partial charge is 0.463 e. The second-order valence-corrected chi connectivity index (χ2v) is 6.43. The maximum Gasteiger partial charge on any atom is 0.463 e. The SMILES string of the molecule is O=C(O)N(c1ccccc1)c1ccc[n+](-c2ncncn2)c1N(C(=O)O)c1ccccc1. The van der Waals surface area contributed by atoms with Crippen LogP contribution in [0.4, 0.5) is 32.5 Å². The molecule has 0 saturated heterocycles. The number of nitrogens with zero attached hydrogens (tertiary/aromatic N) is 6. The van der Waals surface area contributed by atoms with Crippen molar-refractivity contribution in [3.63, 3.8) is 0 Å². The molecule has 0 aliphatic heterocycles. The van der Waals surface area contributed by atoms with E-state index in [2.05, 4.69) is 15.0 Å². The van der Waals surface area contributed by atoms with E-state index >= 15 is 0 Å². The molecule has 32 heavy (non-hydrogen) atoms. The molecule has 0 atom stereocenters. The van der Waals surface area contributed by atoms with E-state index in [1.807, 2.05) is 0 Å². The number of carboxylic acid groups (broad SMARTS) is 2. The molecule has 2 N–H and O–H groups in total. The lowest BCUT2D eigenvalue weighted by molar-refractivity contribution is -0.589. The highest BCUT2D eigenvalue weighted by molar-refractivity contribution is 6.02. The van der Waals surface area contributed by atoms with Crippen molar-refractivity contribution in [3.05, 3.63) is 91.6 Å². The van der Waals surface area contributed by atoms with Crippen LogP contribution in [-0.2, 0) is 0 Å². The highest BCUT2D eigenvalue weighted by Gasteiger charge is 2.34. The zero-order valence-electron chi connectivity index (χ0n) is 16.6. The summed E-state index contributed by atoms with van der Waals surface area (Å²) < 4.78 is 1.40. The van der Waals surface area contributed by atoms with Gasteiger partial charge in [0.15, 0.2) is 12.7 Å². The number of pyridine rings is 1. The number of hydrogen-bond donors (Lipinski definition) is 2. The molecule has 0 radical (unpaired) electrons. The molecule has 10 nitrogen and oxygen atoms in total. The van der Waals surface area contributed by atoms with E-state index in [0.717, 1.165) is 9.80 Å². The van der Waals surface area contributed by atoms with Crippen LogP contribution in [0.5, 0.6) is 0 Å². The molecule has 0 bridgehead atoms. The second kappa shape index (κ2) is 8.88. The monoisotopic (exact) mass is 429 g/mol.